The van der Waals surface area contributed by atoms with Crippen LogP contribution in [-0.2, 0) is 0 Å². The van der Waals surface area contributed by atoms with E-state index in [1.807, 2.05) is 0 Å². The zero-order valence-corrected chi connectivity index (χ0v) is 37.3. The number of nitrogens with zero attached hydrogens (tertiary/aromatic N) is 2. The third kappa shape index (κ3) is 6.41. The van der Waals surface area contributed by atoms with Crippen LogP contribution in [0, 0.1) is 0 Å². The molecule has 2 heterocycles. The first-order chi connectivity index (χ1) is 33.8. The molecule has 0 bridgehead atoms. The molecule has 0 saturated carbocycles. The lowest BCUT2D eigenvalue weighted by atomic mass is 9.74. The van der Waals surface area contributed by atoms with Crippen molar-refractivity contribution in [1.29, 1.82) is 0 Å². The van der Waals surface area contributed by atoms with Crippen LogP contribution < -0.4 is 0 Å². The summed E-state index contributed by atoms with van der Waals surface area (Å²) < 4.78 is 4.81. The van der Waals surface area contributed by atoms with Crippen molar-refractivity contribution in [3.63, 3.8) is 0 Å². The fourth-order valence-corrected chi connectivity index (χ4v) is 10.9. The highest BCUT2D eigenvalue weighted by Gasteiger charge is 2.29. The van der Waals surface area contributed by atoms with Gasteiger partial charge in [-0.05, 0) is 115 Å². The van der Waals surface area contributed by atoms with Crippen molar-refractivity contribution in [1.82, 2.24) is 9.13 Å². The first-order valence-corrected chi connectivity index (χ1v) is 23.4. The summed E-state index contributed by atoms with van der Waals surface area (Å²) in [5.41, 5.74) is 21.1. The van der Waals surface area contributed by atoms with Crippen LogP contribution in [0.15, 0.2) is 267 Å². The Morgan fingerprint density at radius 2 is 0.353 bits per heavy atom. The van der Waals surface area contributed by atoms with E-state index in [1.165, 1.54) is 88.1 Å². The summed E-state index contributed by atoms with van der Waals surface area (Å²) >= 11 is 0. The Labute approximate surface area is 395 Å². The van der Waals surface area contributed by atoms with Crippen molar-refractivity contribution in [2.24, 2.45) is 0 Å². The Hall–Kier alpha value is -8.98. The predicted octanol–water partition coefficient (Wildman–Crippen LogP) is 17.9. The number of fused-ring (bicyclic) bond motifs is 6. The van der Waals surface area contributed by atoms with Crippen LogP contribution in [-0.4, -0.2) is 9.13 Å². The van der Waals surface area contributed by atoms with Crippen molar-refractivity contribution in [2.75, 3.05) is 0 Å². The summed E-state index contributed by atoms with van der Waals surface area (Å²) in [6.07, 6.45) is 0. The van der Waals surface area contributed by atoms with Crippen LogP contribution in [0.5, 0.6) is 0 Å². The molecule has 11 aromatic carbocycles. The molecule has 0 radical (unpaired) electrons. The van der Waals surface area contributed by atoms with Crippen molar-refractivity contribution < 1.29 is 0 Å². The largest absolute Gasteiger partial charge is 0.309 e. The van der Waals surface area contributed by atoms with Gasteiger partial charge in [-0.1, -0.05) is 218 Å². The molecule has 0 saturated heterocycles. The topological polar surface area (TPSA) is 9.86 Å². The molecular formula is C66H44N2. The van der Waals surface area contributed by atoms with Gasteiger partial charge in [0, 0.05) is 32.9 Å². The van der Waals surface area contributed by atoms with Crippen LogP contribution in [0.3, 0.4) is 0 Å². The fourth-order valence-electron chi connectivity index (χ4n) is 10.9. The first-order valence-electron chi connectivity index (χ1n) is 23.4. The van der Waals surface area contributed by atoms with Gasteiger partial charge in [0.15, 0.2) is 0 Å². The van der Waals surface area contributed by atoms with E-state index < -0.39 is 0 Å². The maximum atomic E-state index is 2.41. The third-order valence-corrected chi connectivity index (χ3v) is 13.7. The molecule has 0 aliphatic heterocycles. The van der Waals surface area contributed by atoms with E-state index in [-0.39, 0.29) is 0 Å². The zero-order valence-electron chi connectivity index (χ0n) is 37.3. The van der Waals surface area contributed by atoms with Crippen LogP contribution >= 0.6 is 0 Å². The van der Waals surface area contributed by atoms with Crippen LogP contribution in [0.4, 0.5) is 0 Å². The van der Waals surface area contributed by atoms with Gasteiger partial charge in [0.2, 0.25) is 0 Å². The highest BCUT2D eigenvalue weighted by atomic mass is 15.0. The number of rotatable bonds is 8. The number of hydrogen-bond donors (Lipinski definition) is 0. The lowest BCUT2D eigenvalue weighted by Gasteiger charge is -2.29. The Kier molecular flexibility index (Phi) is 9.54. The lowest BCUT2D eigenvalue weighted by molar-refractivity contribution is 1.18. The van der Waals surface area contributed by atoms with Gasteiger partial charge < -0.3 is 9.13 Å². The molecule has 0 amide bonds. The molecular weight excluding hydrogens is 821 g/mol. The van der Waals surface area contributed by atoms with Crippen molar-refractivity contribution in [2.45, 2.75) is 0 Å². The van der Waals surface area contributed by atoms with Crippen molar-refractivity contribution in [3.8, 4) is 78.1 Å². The molecule has 0 spiro atoms. The molecule has 0 N–H and O–H groups in total. The molecule has 13 rings (SSSR count). The highest BCUT2D eigenvalue weighted by molar-refractivity contribution is 6.16. The van der Waals surface area contributed by atoms with E-state index in [1.54, 1.807) is 0 Å². The molecule has 2 aromatic heterocycles. The Morgan fingerprint density at radius 3 is 0.588 bits per heavy atom. The number of benzene rings is 11. The van der Waals surface area contributed by atoms with Crippen LogP contribution in [0.25, 0.3) is 122 Å². The predicted molar refractivity (Wildman–Crippen MR) is 288 cm³/mol. The average Bonchev–Trinajstić information content (AvgIpc) is 3.94. The fraction of sp³-hybridized carbons (Fsp3) is 0. The summed E-state index contributed by atoms with van der Waals surface area (Å²) in [6, 6.07) is 97.7. The van der Waals surface area contributed by atoms with Gasteiger partial charge in [-0.25, -0.2) is 0 Å². The second kappa shape index (κ2) is 16.5. The molecule has 318 valence electrons. The summed E-state index contributed by atoms with van der Waals surface area (Å²) in [4.78, 5) is 0. The number of aromatic nitrogens is 2. The highest BCUT2D eigenvalue weighted by Crippen LogP contribution is 2.56. The van der Waals surface area contributed by atoms with Gasteiger partial charge in [0.1, 0.15) is 0 Å². The molecule has 0 atom stereocenters. The summed E-state index contributed by atoms with van der Waals surface area (Å²) in [7, 11) is 0. The smallest absolute Gasteiger partial charge is 0.0541 e. The van der Waals surface area contributed by atoms with Crippen molar-refractivity contribution >= 4 is 43.6 Å². The zero-order chi connectivity index (χ0) is 45.0. The van der Waals surface area contributed by atoms with Gasteiger partial charge in [0.25, 0.3) is 0 Å². The van der Waals surface area contributed by atoms with E-state index in [0.717, 1.165) is 33.6 Å². The first kappa shape index (κ1) is 39.4. The minimum absolute atomic E-state index is 1.12. The quantitative estimate of drug-likeness (QED) is 0.144. The number of hydrogen-bond acceptors (Lipinski definition) is 0. The second-order valence-electron chi connectivity index (χ2n) is 17.5. The Bertz CT molecular complexity index is 3590. The molecule has 13 aromatic rings. The maximum absolute atomic E-state index is 2.41. The molecule has 2 nitrogen and oxygen atoms in total. The van der Waals surface area contributed by atoms with Crippen LogP contribution in [0.2, 0.25) is 0 Å². The minimum atomic E-state index is 1.12. The van der Waals surface area contributed by atoms with Gasteiger partial charge in [-0.3, -0.25) is 0 Å². The monoisotopic (exact) mass is 864 g/mol. The number of para-hydroxylation sites is 4. The summed E-state index contributed by atoms with van der Waals surface area (Å²) in [5.74, 6) is 0. The van der Waals surface area contributed by atoms with E-state index in [0.29, 0.717) is 0 Å². The molecule has 0 fully saturated rings. The molecule has 68 heavy (non-hydrogen) atoms. The Morgan fingerprint density at radius 1 is 0.162 bits per heavy atom. The van der Waals surface area contributed by atoms with Crippen molar-refractivity contribution in [3.05, 3.63) is 267 Å². The van der Waals surface area contributed by atoms with E-state index in [4.69, 9.17) is 0 Å². The normalized spacial score (nSPS) is 11.5. The average molecular weight is 865 g/mol. The molecule has 2 heteroatoms. The van der Waals surface area contributed by atoms with E-state index >= 15 is 0 Å². The maximum Gasteiger partial charge on any atom is 0.0541 e. The SMILES string of the molecule is c1ccc(-c2c(-c3ccccc3)c(-c3ccccc3)c(-c3ccc(-n4c5ccccc5c5ccccc54)cc3)c(-c3ccc(-n4c5ccccc5c5ccccc54)cc3)c2-c2ccccc2)cc1. The standard InChI is InChI=1S/C66H44N2/c1-5-21-45(22-6-1)61-62(46-23-7-2-8-24-46)64(48-27-11-4-12-28-48)66(50-39-43-52(44-40-50)68-59-35-19-15-31-55(59)56-32-16-20-36-60(56)68)65(63(61)47-25-9-3-10-26-47)49-37-41-51(42-38-49)67-57-33-17-13-29-53(57)54-30-14-18-34-58(54)67/h1-44H. The minimum Gasteiger partial charge on any atom is -0.309 e. The molecule has 0 unspecified atom stereocenters. The summed E-state index contributed by atoms with van der Waals surface area (Å²) in [6.45, 7) is 0. The third-order valence-electron chi connectivity index (χ3n) is 13.7. The van der Waals surface area contributed by atoms with Gasteiger partial charge in [-0.2, -0.15) is 0 Å². The van der Waals surface area contributed by atoms with Gasteiger partial charge in [-0.15, -0.1) is 0 Å². The second-order valence-corrected chi connectivity index (χ2v) is 17.5. The molecule has 0 aliphatic carbocycles. The molecule has 0 aliphatic rings. The van der Waals surface area contributed by atoms with E-state index in [9.17, 15) is 0 Å². The van der Waals surface area contributed by atoms with E-state index in [2.05, 4.69) is 276 Å². The van der Waals surface area contributed by atoms with Gasteiger partial charge in [0.05, 0.1) is 22.1 Å². The Balaban J connectivity index is 1.16. The van der Waals surface area contributed by atoms with Crippen LogP contribution in [0.1, 0.15) is 0 Å². The lowest BCUT2D eigenvalue weighted by Crippen LogP contribution is -2.02. The van der Waals surface area contributed by atoms with Gasteiger partial charge >= 0.3 is 0 Å². The summed E-state index contributed by atoms with van der Waals surface area (Å²) in [5, 5.41) is 5.01.